The monoisotopic (exact) mass is 460 g/mol. The zero-order valence-electron chi connectivity index (χ0n) is 17.1. The predicted octanol–water partition coefficient (Wildman–Crippen LogP) is 1.32. The van der Waals surface area contributed by atoms with Crippen LogP contribution < -0.4 is 10.5 Å². The van der Waals surface area contributed by atoms with Crippen LogP contribution in [-0.4, -0.2) is 57.4 Å². The third kappa shape index (κ3) is 5.07. The number of aliphatic hydroxyl groups excluding tert-OH is 3. The van der Waals surface area contributed by atoms with Crippen molar-refractivity contribution in [3.05, 3.63) is 58.7 Å². The van der Waals surface area contributed by atoms with Gasteiger partial charge in [0.2, 0.25) is 0 Å². The minimum atomic E-state index is -1.13. The van der Waals surface area contributed by atoms with E-state index in [4.69, 9.17) is 19.9 Å². The van der Waals surface area contributed by atoms with Crippen molar-refractivity contribution >= 4 is 27.3 Å². The van der Waals surface area contributed by atoms with E-state index in [0.29, 0.717) is 10.6 Å². The van der Waals surface area contributed by atoms with E-state index < -0.39 is 37.1 Å². The fourth-order valence-electron chi connectivity index (χ4n) is 3.46. The van der Waals surface area contributed by atoms with Crippen LogP contribution in [-0.2, 0) is 22.7 Å². The van der Waals surface area contributed by atoms with Gasteiger partial charge in [0.05, 0.1) is 28.9 Å². The summed E-state index contributed by atoms with van der Waals surface area (Å²) in [6.45, 7) is 0.121. The average Bonchev–Trinajstić information content (AvgIpc) is 3.24. The zero-order valence-corrected chi connectivity index (χ0v) is 17.9. The number of aromatic nitrogens is 1. The van der Waals surface area contributed by atoms with E-state index in [0.717, 1.165) is 21.2 Å². The maximum Gasteiger partial charge on any atom is 0.258 e. The highest BCUT2D eigenvalue weighted by Crippen LogP contribution is 2.28. The molecule has 1 fully saturated rings. The maximum absolute atomic E-state index is 11.4. The molecule has 2 aromatic heterocycles. The Balaban J connectivity index is 1.33. The van der Waals surface area contributed by atoms with Gasteiger partial charge in [-0.3, -0.25) is 9.78 Å². The Morgan fingerprint density at radius 1 is 1.22 bits per heavy atom. The normalized spacial score (nSPS) is 23.3. The minimum Gasteiger partial charge on any atom is -0.489 e. The van der Waals surface area contributed by atoms with Gasteiger partial charge in [0.25, 0.3) is 5.91 Å². The molecular weight excluding hydrogens is 436 g/mol. The van der Waals surface area contributed by atoms with Crippen molar-refractivity contribution in [3.8, 4) is 5.75 Å². The molecular formula is C22H24N2O7S. The molecule has 4 unspecified atom stereocenters. The van der Waals surface area contributed by atoms with Gasteiger partial charge in [0.1, 0.15) is 24.6 Å². The van der Waals surface area contributed by atoms with Gasteiger partial charge in [-0.15, -0.1) is 11.3 Å². The number of benzene rings is 1. The molecule has 1 aliphatic heterocycles. The molecule has 0 aliphatic carbocycles. The van der Waals surface area contributed by atoms with E-state index in [-0.39, 0.29) is 19.6 Å². The van der Waals surface area contributed by atoms with Crippen molar-refractivity contribution in [2.24, 2.45) is 5.73 Å². The molecule has 0 bridgehead atoms. The fourth-order valence-corrected chi connectivity index (χ4v) is 4.39. The van der Waals surface area contributed by atoms with Gasteiger partial charge in [0, 0.05) is 29.8 Å². The molecule has 4 rings (SSSR count). The molecule has 1 saturated heterocycles. The zero-order chi connectivity index (χ0) is 22.7. The Kier molecular flexibility index (Phi) is 6.99. The number of thiophene rings is 1. The summed E-state index contributed by atoms with van der Waals surface area (Å²) in [5, 5.41) is 29.8. The van der Waals surface area contributed by atoms with Crippen LogP contribution in [0.3, 0.4) is 0 Å². The summed E-state index contributed by atoms with van der Waals surface area (Å²) >= 11 is 1.30. The molecule has 3 heterocycles. The molecule has 4 atom stereocenters. The Morgan fingerprint density at radius 3 is 2.72 bits per heavy atom. The third-order valence-corrected chi connectivity index (χ3v) is 6.33. The summed E-state index contributed by atoms with van der Waals surface area (Å²) in [6, 6.07) is 9.08. The third-order valence-electron chi connectivity index (χ3n) is 5.24. The number of hydrogen-bond donors (Lipinski definition) is 4. The SMILES string of the molecule is NC(=O)c1cc2c(COc3ccc(COC4CC(O)C(O)C(CO)O4)cc3)cncc2s1. The van der Waals surface area contributed by atoms with Gasteiger partial charge < -0.3 is 35.3 Å². The lowest BCUT2D eigenvalue weighted by Gasteiger charge is -2.36. The first-order chi connectivity index (χ1) is 15.4. The van der Waals surface area contributed by atoms with Crippen LogP contribution in [0.4, 0.5) is 0 Å². The number of carbonyl (C=O) groups is 1. The van der Waals surface area contributed by atoms with Gasteiger partial charge in [-0.1, -0.05) is 12.1 Å². The van der Waals surface area contributed by atoms with E-state index >= 15 is 0 Å². The second kappa shape index (κ2) is 9.90. The topological polar surface area (TPSA) is 144 Å². The van der Waals surface area contributed by atoms with Gasteiger partial charge in [0.15, 0.2) is 6.29 Å². The van der Waals surface area contributed by atoms with Crippen molar-refractivity contribution in [1.29, 1.82) is 0 Å². The smallest absolute Gasteiger partial charge is 0.258 e. The lowest BCUT2D eigenvalue weighted by atomic mass is 10.0. The minimum absolute atomic E-state index is 0.124. The molecule has 0 spiro atoms. The first-order valence-corrected chi connectivity index (χ1v) is 10.9. The number of aliphatic hydroxyl groups is 3. The van der Waals surface area contributed by atoms with E-state index in [9.17, 15) is 20.1 Å². The Labute approximate surface area is 188 Å². The molecule has 1 aliphatic rings. The summed E-state index contributed by atoms with van der Waals surface area (Å²) in [5.74, 6) is 0.191. The maximum atomic E-state index is 11.4. The van der Waals surface area contributed by atoms with Crippen LogP contribution in [0.5, 0.6) is 5.75 Å². The Hall–Kier alpha value is -2.60. The van der Waals surface area contributed by atoms with E-state index in [1.54, 1.807) is 18.5 Å². The number of nitrogens with zero attached hydrogens (tertiary/aromatic N) is 1. The first kappa shape index (κ1) is 22.6. The van der Waals surface area contributed by atoms with Crippen molar-refractivity contribution < 1.29 is 34.3 Å². The van der Waals surface area contributed by atoms with Gasteiger partial charge in [-0.05, 0) is 23.8 Å². The number of pyridine rings is 1. The van der Waals surface area contributed by atoms with Crippen LogP contribution in [0.2, 0.25) is 0 Å². The standard InChI is InChI=1S/C22H24N2O7S/c23-22(28)18-5-15-13(7-24-8-19(15)32-18)11-29-14-3-1-12(2-4-14)10-30-20-6-16(26)21(27)17(9-25)31-20/h1-5,7-8,16-17,20-21,25-27H,6,9-11H2,(H2,23,28). The predicted molar refractivity (Wildman–Crippen MR) is 116 cm³/mol. The second-order valence-corrected chi connectivity index (χ2v) is 8.59. The largest absolute Gasteiger partial charge is 0.489 e. The Morgan fingerprint density at radius 2 is 2.00 bits per heavy atom. The molecule has 10 heteroatoms. The number of fused-ring (bicyclic) bond motifs is 1. The lowest BCUT2D eigenvalue weighted by Crippen LogP contribution is -2.50. The average molecular weight is 461 g/mol. The lowest BCUT2D eigenvalue weighted by molar-refractivity contribution is -0.260. The van der Waals surface area contributed by atoms with Crippen LogP contribution in [0.25, 0.3) is 10.1 Å². The van der Waals surface area contributed by atoms with Crippen molar-refractivity contribution in [2.75, 3.05) is 6.61 Å². The molecule has 0 radical (unpaired) electrons. The summed E-state index contributed by atoms with van der Waals surface area (Å²) in [6.07, 6.45) is -0.207. The summed E-state index contributed by atoms with van der Waals surface area (Å²) in [7, 11) is 0. The molecule has 1 aromatic carbocycles. The van der Waals surface area contributed by atoms with Gasteiger partial charge in [-0.25, -0.2) is 0 Å². The van der Waals surface area contributed by atoms with E-state index in [1.807, 2.05) is 24.3 Å². The van der Waals surface area contributed by atoms with Crippen LogP contribution in [0.15, 0.2) is 42.7 Å². The number of amides is 1. The summed E-state index contributed by atoms with van der Waals surface area (Å²) < 4.78 is 17.9. The Bertz CT molecular complexity index is 1070. The van der Waals surface area contributed by atoms with Crippen molar-refractivity contribution in [3.63, 3.8) is 0 Å². The van der Waals surface area contributed by atoms with Gasteiger partial charge in [-0.2, -0.15) is 0 Å². The van der Waals surface area contributed by atoms with Crippen LogP contribution >= 0.6 is 11.3 Å². The quantitative estimate of drug-likeness (QED) is 0.394. The second-order valence-electron chi connectivity index (χ2n) is 7.51. The van der Waals surface area contributed by atoms with Crippen LogP contribution in [0, 0.1) is 0 Å². The summed E-state index contributed by atoms with van der Waals surface area (Å²) in [5.41, 5.74) is 7.10. The van der Waals surface area contributed by atoms with E-state index in [2.05, 4.69) is 4.98 Å². The highest BCUT2D eigenvalue weighted by molar-refractivity contribution is 7.20. The molecule has 9 nitrogen and oxygen atoms in total. The molecule has 1 amide bonds. The molecule has 170 valence electrons. The van der Waals surface area contributed by atoms with E-state index in [1.165, 1.54) is 11.3 Å². The van der Waals surface area contributed by atoms with Gasteiger partial charge >= 0.3 is 0 Å². The highest BCUT2D eigenvalue weighted by atomic mass is 32.1. The number of ether oxygens (including phenoxy) is 3. The number of nitrogens with two attached hydrogens (primary N) is 1. The number of rotatable bonds is 8. The molecule has 0 saturated carbocycles. The number of hydrogen-bond acceptors (Lipinski definition) is 9. The molecule has 32 heavy (non-hydrogen) atoms. The highest BCUT2D eigenvalue weighted by Gasteiger charge is 2.36. The number of primary amides is 1. The molecule has 3 aromatic rings. The first-order valence-electron chi connectivity index (χ1n) is 10.1. The van der Waals surface area contributed by atoms with Crippen molar-refractivity contribution in [2.45, 2.75) is 44.2 Å². The number of carbonyl (C=O) groups excluding carboxylic acids is 1. The van der Waals surface area contributed by atoms with Crippen LogP contribution in [0.1, 0.15) is 27.2 Å². The van der Waals surface area contributed by atoms with Crippen molar-refractivity contribution in [1.82, 2.24) is 4.98 Å². The molecule has 5 N–H and O–H groups in total. The fraction of sp³-hybridized carbons (Fsp3) is 0.364. The summed E-state index contributed by atoms with van der Waals surface area (Å²) in [4.78, 5) is 16.1.